The Morgan fingerprint density at radius 3 is 2.86 bits per heavy atom. The number of carbonyl (C=O) groups is 1. The van der Waals surface area contributed by atoms with Crippen molar-refractivity contribution in [2.75, 3.05) is 29.6 Å². The van der Waals surface area contributed by atoms with Gasteiger partial charge in [-0.1, -0.05) is 6.07 Å². The van der Waals surface area contributed by atoms with Crippen molar-refractivity contribution in [3.05, 3.63) is 47.9 Å². The average Bonchev–Trinajstić information content (AvgIpc) is 2.74. The molecule has 0 bridgehead atoms. The number of thioether (sulfide) groups is 1. The van der Waals surface area contributed by atoms with Gasteiger partial charge in [0, 0.05) is 23.7 Å². The van der Waals surface area contributed by atoms with Crippen molar-refractivity contribution in [2.24, 2.45) is 5.92 Å². The smallest absolute Gasteiger partial charge is 0.229 e. The molecule has 0 saturated carbocycles. The van der Waals surface area contributed by atoms with E-state index in [4.69, 9.17) is 0 Å². The molecule has 1 amide bonds. The first-order chi connectivity index (χ1) is 14.0. The van der Waals surface area contributed by atoms with Crippen molar-refractivity contribution in [1.29, 1.82) is 0 Å². The number of nitrogens with one attached hydrogen (secondary N) is 1. The summed E-state index contributed by atoms with van der Waals surface area (Å²) in [7, 11) is 0. The molecular weight excluding hydrogens is 382 g/mol. The van der Waals surface area contributed by atoms with Gasteiger partial charge in [-0.25, -0.2) is 15.0 Å². The standard InChI is InChI=1S/C22H25N5OS/c1-14-15(2)25-21-20(24-14)11-18(12-23-21)27-9-5-6-16(13-27)22(28)26-17-7-4-8-19(10-17)29-3/h4,7-8,10-12,16H,5-6,9,13H2,1-3H3,(H,26,28). The minimum atomic E-state index is -0.0526. The van der Waals surface area contributed by atoms with E-state index >= 15 is 0 Å². The lowest BCUT2D eigenvalue weighted by atomic mass is 9.96. The van der Waals surface area contributed by atoms with E-state index in [1.807, 2.05) is 56.6 Å². The van der Waals surface area contributed by atoms with Crippen molar-refractivity contribution < 1.29 is 4.79 Å². The highest BCUT2D eigenvalue weighted by Crippen LogP contribution is 2.26. The number of anilines is 2. The Bertz CT molecular complexity index is 1050. The Labute approximate surface area is 175 Å². The molecule has 1 saturated heterocycles. The number of hydrogen-bond donors (Lipinski definition) is 1. The highest BCUT2D eigenvalue weighted by atomic mass is 32.2. The number of fused-ring (bicyclic) bond motifs is 1. The molecule has 1 aliphatic heterocycles. The minimum absolute atomic E-state index is 0.0526. The number of nitrogens with zero attached hydrogens (tertiary/aromatic N) is 4. The lowest BCUT2D eigenvalue weighted by Crippen LogP contribution is -2.40. The van der Waals surface area contributed by atoms with Gasteiger partial charge in [-0.15, -0.1) is 11.8 Å². The molecule has 6 nitrogen and oxygen atoms in total. The summed E-state index contributed by atoms with van der Waals surface area (Å²) in [6.07, 6.45) is 5.74. The molecule has 7 heteroatoms. The first kappa shape index (κ1) is 19.6. The maximum atomic E-state index is 12.9. The molecule has 1 unspecified atom stereocenters. The number of aryl methyl sites for hydroxylation is 2. The Hall–Kier alpha value is -2.67. The van der Waals surface area contributed by atoms with Gasteiger partial charge in [0.1, 0.15) is 5.52 Å². The summed E-state index contributed by atoms with van der Waals surface area (Å²) in [5, 5.41) is 3.08. The minimum Gasteiger partial charge on any atom is -0.369 e. The van der Waals surface area contributed by atoms with Crippen LogP contribution in [0.1, 0.15) is 24.2 Å². The fraction of sp³-hybridized carbons (Fsp3) is 0.364. The number of aromatic nitrogens is 3. The van der Waals surface area contributed by atoms with Crippen LogP contribution >= 0.6 is 11.8 Å². The highest BCUT2D eigenvalue weighted by Gasteiger charge is 2.26. The molecule has 1 N–H and O–H groups in total. The van der Waals surface area contributed by atoms with Crippen LogP contribution in [0, 0.1) is 19.8 Å². The quantitative estimate of drug-likeness (QED) is 0.653. The Kier molecular flexibility index (Phi) is 5.67. The second-order valence-corrected chi connectivity index (χ2v) is 8.32. The van der Waals surface area contributed by atoms with Crippen LogP contribution in [0.2, 0.25) is 0 Å². The topological polar surface area (TPSA) is 71.0 Å². The molecule has 1 aliphatic rings. The molecule has 2 aromatic heterocycles. The molecule has 1 aromatic carbocycles. The third-order valence-corrected chi connectivity index (χ3v) is 6.14. The maximum Gasteiger partial charge on any atom is 0.229 e. The molecular formula is C22H25N5OS. The molecule has 1 fully saturated rings. The zero-order valence-electron chi connectivity index (χ0n) is 17.0. The fourth-order valence-electron chi connectivity index (χ4n) is 3.65. The van der Waals surface area contributed by atoms with Gasteiger partial charge < -0.3 is 10.2 Å². The summed E-state index contributed by atoms with van der Waals surface area (Å²) in [6.45, 7) is 5.50. The van der Waals surface area contributed by atoms with Crippen molar-refractivity contribution in [3.8, 4) is 0 Å². The van der Waals surface area contributed by atoms with Crippen LogP contribution in [-0.2, 0) is 4.79 Å². The second-order valence-electron chi connectivity index (χ2n) is 7.44. The molecule has 0 radical (unpaired) electrons. The number of benzene rings is 1. The first-order valence-corrected chi connectivity index (χ1v) is 11.1. The second kappa shape index (κ2) is 8.37. The third-order valence-electron chi connectivity index (χ3n) is 5.41. The van der Waals surface area contributed by atoms with Crippen molar-refractivity contribution in [3.63, 3.8) is 0 Å². The van der Waals surface area contributed by atoms with Gasteiger partial charge in [0.15, 0.2) is 5.65 Å². The van der Waals surface area contributed by atoms with E-state index < -0.39 is 0 Å². The van der Waals surface area contributed by atoms with E-state index in [1.165, 1.54) is 0 Å². The lowest BCUT2D eigenvalue weighted by molar-refractivity contribution is -0.120. The predicted octanol–water partition coefficient (Wildman–Crippen LogP) is 4.22. The van der Waals surface area contributed by atoms with E-state index in [0.717, 1.165) is 52.6 Å². The number of pyridine rings is 1. The van der Waals surface area contributed by atoms with Crippen LogP contribution in [0.25, 0.3) is 11.2 Å². The van der Waals surface area contributed by atoms with Gasteiger partial charge in [-0.3, -0.25) is 4.79 Å². The number of rotatable bonds is 4. The molecule has 150 valence electrons. The van der Waals surface area contributed by atoms with Gasteiger partial charge in [0.2, 0.25) is 5.91 Å². The van der Waals surface area contributed by atoms with Crippen LogP contribution in [0.3, 0.4) is 0 Å². The number of amides is 1. The SMILES string of the molecule is CSc1cccc(NC(=O)C2CCCN(c3cnc4nc(C)c(C)nc4c3)C2)c1. The Morgan fingerprint density at radius 1 is 1.21 bits per heavy atom. The van der Waals surface area contributed by atoms with Gasteiger partial charge in [0.05, 0.1) is 29.2 Å². The lowest BCUT2D eigenvalue weighted by Gasteiger charge is -2.33. The fourth-order valence-corrected chi connectivity index (χ4v) is 4.11. The molecule has 1 atom stereocenters. The number of piperidine rings is 1. The van der Waals surface area contributed by atoms with Crippen molar-refractivity contribution in [1.82, 2.24) is 15.0 Å². The first-order valence-electron chi connectivity index (χ1n) is 9.84. The normalized spacial score (nSPS) is 16.8. The maximum absolute atomic E-state index is 12.9. The molecule has 4 rings (SSSR count). The third kappa shape index (κ3) is 4.34. The zero-order valence-corrected chi connectivity index (χ0v) is 17.8. The Morgan fingerprint density at radius 2 is 2.03 bits per heavy atom. The molecule has 29 heavy (non-hydrogen) atoms. The van der Waals surface area contributed by atoms with Gasteiger partial charge in [-0.2, -0.15) is 0 Å². The van der Waals surface area contributed by atoms with Crippen LogP contribution < -0.4 is 10.2 Å². The van der Waals surface area contributed by atoms with Crippen LogP contribution in [0.4, 0.5) is 11.4 Å². The summed E-state index contributed by atoms with van der Waals surface area (Å²) in [5.74, 6) is 0.0242. The van der Waals surface area contributed by atoms with E-state index in [2.05, 4.69) is 25.2 Å². The average molecular weight is 408 g/mol. The monoisotopic (exact) mass is 407 g/mol. The highest BCUT2D eigenvalue weighted by molar-refractivity contribution is 7.98. The van der Waals surface area contributed by atoms with Crippen LogP contribution in [0.15, 0.2) is 41.4 Å². The molecule has 0 spiro atoms. The van der Waals surface area contributed by atoms with E-state index in [1.54, 1.807) is 11.8 Å². The van der Waals surface area contributed by atoms with Crippen molar-refractivity contribution >= 4 is 40.2 Å². The van der Waals surface area contributed by atoms with E-state index in [-0.39, 0.29) is 11.8 Å². The largest absolute Gasteiger partial charge is 0.369 e. The van der Waals surface area contributed by atoms with E-state index in [0.29, 0.717) is 12.2 Å². The van der Waals surface area contributed by atoms with Gasteiger partial charge >= 0.3 is 0 Å². The summed E-state index contributed by atoms with van der Waals surface area (Å²) >= 11 is 1.67. The number of carbonyl (C=O) groups excluding carboxylic acids is 1. The summed E-state index contributed by atoms with van der Waals surface area (Å²) in [4.78, 5) is 29.9. The van der Waals surface area contributed by atoms with Gasteiger partial charge in [-0.05, 0) is 57.2 Å². The molecule has 3 aromatic rings. The number of hydrogen-bond acceptors (Lipinski definition) is 6. The Balaban J connectivity index is 1.49. The molecule has 0 aliphatic carbocycles. The van der Waals surface area contributed by atoms with E-state index in [9.17, 15) is 4.79 Å². The predicted molar refractivity (Wildman–Crippen MR) is 119 cm³/mol. The zero-order chi connectivity index (χ0) is 20.4. The van der Waals surface area contributed by atoms with Crippen LogP contribution in [-0.4, -0.2) is 40.2 Å². The van der Waals surface area contributed by atoms with Crippen molar-refractivity contribution in [2.45, 2.75) is 31.6 Å². The summed E-state index contributed by atoms with van der Waals surface area (Å²) in [5.41, 5.74) is 5.13. The summed E-state index contributed by atoms with van der Waals surface area (Å²) in [6, 6.07) is 10.00. The molecule has 3 heterocycles. The van der Waals surface area contributed by atoms with Gasteiger partial charge in [0.25, 0.3) is 0 Å². The summed E-state index contributed by atoms with van der Waals surface area (Å²) < 4.78 is 0. The van der Waals surface area contributed by atoms with Crippen LogP contribution in [0.5, 0.6) is 0 Å².